The van der Waals surface area contributed by atoms with Crippen molar-refractivity contribution in [2.75, 3.05) is 19.0 Å². The molecule has 1 aliphatic rings. The Bertz CT molecular complexity index is 1050. The van der Waals surface area contributed by atoms with Crippen LogP contribution in [0.1, 0.15) is 11.1 Å². The fraction of sp³-hybridized carbons (Fsp3) is 0.0909. The van der Waals surface area contributed by atoms with E-state index in [-0.39, 0.29) is 0 Å². The predicted octanol–water partition coefficient (Wildman–Crippen LogP) is 4.25. The minimum absolute atomic E-state index is 0.312. The number of hydrogen-bond donors (Lipinski definition) is 0. The average molecular weight is 342 g/mol. The molecule has 0 saturated heterocycles. The van der Waals surface area contributed by atoms with Gasteiger partial charge in [0.1, 0.15) is 0 Å². The van der Waals surface area contributed by atoms with Crippen LogP contribution in [0.4, 0.5) is 5.69 Å². The minimum atomic E-state index is -0.426. The zero-order valence-electron chi connectivity index (χ0n) is 14.6. The number of hydrogen-bond acceptors (Lipinski definition) is 4. The zero-order chi connectivity index (χ0) is 18.1. The average Bonchev–Trinajstić information content (AvgIpc) is 3.03. The number of carbonyl (C=O) groups excluding carboxylic acids is 1. The molecule has 0 spiro atoms. The lowest BCUT2D eigenvalue weighted by molar-refractivity contribution is -0.129. The van der Waals surface area contributed by atoms with Crippen molar-refractivity contribution in [3.8, 4) is 0 Å². The summed E-state index contributed by atoms with van der Waals surface area (Å²) >= 11 is 0. The van der Waals surface area contributed by atoms with E-state index in [1.807, 2.05) is 62.6 Å². The molecule has 0 fully saturated rings. The Labute approximate surface area is 152 Å². The number of benzene rings is 3. The maximum absolute atomic E-state index is 12.3. The van der Waals surface area contributed by atoms with Crippen LogP contribution in [-0.2, 0) is 9.53 Å². The molecule has 4 nitrogen and oxygen atoms in total. The molecule has 128 valence electrons. The Morgan fingerprint density at radius 2 is 1.58 bits per heavy atom. The van der Waals surface area contributed by atoms with Crippen molar-refractivity contribution in [1.82, 2.24) is 0 Å². The Kier molecular flexibility index (Phi) is 4.01. The van der Waals surface area contributed by atoms with Crippen LogP contribution in [0.25, 0.3) is 16.8 Å². The lowest BCUT2D eigenvalue weighted by Gasteiger charge is -2.16. The number of carbonyl (C=O) groups is 1. The summed E-state index contributed by atoms with van der Waals surface area (Å²) in [7, 11) is 4.04. The summed E-state index contributed by atoms with van der Waals surface area (Å²) < 4.78 is 5.34. The van der Waals surface area contributed by atoms with Crippen LogP contribution in [0.5, 0.6) is 0 Å². The van der Waals surface area contributed by atoms with Gasteiger partial charge in [-0.1, -0.05) is 48.5 Å². The molecule has 0 aliphatic carbocycles. The smallest absolute Gasteiger partial charge is 0.363 e. The topological polar surface area (TPSA) is 41.9 Å². The van der Waals surface area contributed by atoms with Gasteiger partial charge in [0.15, 0.2) is 5.70 Å². The minimum Gasteiger partial charge on any atom is -0.402 e. The third-order valence-electron chi connectivity index (χ3n) is 4.35. The number of fused-ring (bicyclic) bond motifs is 1. The fourth-order valence-electron chi connectivity index (χ4n) is 3.08. The van der Waals surface area contributed by atoms with Gasteiger partial charge in [-0.2, -0.15) is 0 Å². The second kappa shape index (κ2) is 6.48. The molecule has 0 unspecified atom stereocenters. The van der Waals surface area contributed by atoms with E-state index < -0.39 is 5.97 Å². The molecule has 3 aromatic rings. The summed E-state index contributed by atoms with van der Waals surface area (Å²) in [6.45, 7) is 0. The summed E-state index contributed by atoms with van der Waals surface area (Å²) in [4.78, 5) is 18.7. The summed E-state index contributed by atoms with van der Waals surface area (Å²) in [6, 6.07) is 21.6. The first-order valence-corrected chi connectivity index (χ1v) is 8.40. The molecule has 0 atom stereocenters. The third kappa shape index (κ3) is 2.86. The van der Waals surface area contributed by atoms with Gasteiger partial charge in [0.2, 0.25) is 5.90 Å². The Morgan fingerprint density at radius 1 is 0.885 bits per heavy atom. The van der Waals surface area contributed by atoms with E-state index >= 15 is 0 Å². The van der Waals surface area contributed by atoms with Gasteiger partial charge in [-0.3, -0.25) is 0 Å². The van der Waals surface area contributed by atoms with Crippen LogP contribution < -0.4 is 4.90 Å². The van der Waals surface area contributed by atoms with Crippen LogP contribution in [0.3, 0.4) is 0 Å². The van der Waals surface area contributed by atoms with Crippen LogP contribution in [0, 0.1) is 0 Å². The monoisotopic (exact) mass is 342 g/mol. The van der Waals surface area contributed by atoms with E-state index in [1.165, 1.54) is 0 Å². The first-order chi connectivity index (χ1) is 12.6. The molecule has 0 radical (unpaired) electrons. The van der Waals surface area contributed by atoms with Crippen molar-refractivity contribution < 1.29 is 9.53 Å². The molecule has 1 heterocycles. The van der Waals surface area contributed by atoms with Crippen molar-refractivity contribution in [1.29, 1.82) is 0 Å². The fourth-order valence-corrected chi connectivity index (χ4v) is 3.08. The van der Waals surface area contributed by atoms with E-state index in [1.54, 1.807) is 6.08 Å². The highest BCUT2D eigenvalue weighted by molar-refractivity contribution is 6.13. The van der Waals surface area contributed by atoms with Crippen molar-refractivity contribution in [3.05, 3.63) is 83.6 Å². The Balaban J connectivity index is 1.81. The van der Waals surface area contributed by atoms with Crippen molar-refractivity contribution in [3.63, 3.8) is 0 Å². The Morgan fingerprint density at radius 3 is 2.31 bits per heavy atom. The maximum Gasteiger partial charge on any atom is 0.363 e. The van der Waals surface area contributed by atoms with Crippen LogP contribution >= 0.6 is 0 Å². The van der Waals surface area contributed by atoms with Gasteiger partial charge >= 0.3 is 5.97 Å². The third-order valence-corrected chi connectivity index (χ3v) is 4.35. The Hall–Kier alpha value is -3.40. The number of ether oxygens (including phenoxy) is 1. The predicted molar refractivity (Wildman–Crippen MR) is 105 cm³/mol. The van der Waals surface area contributed by atoms with Crippen molar-refractivity contribution in [2.45, 2.75) is 0 Å². The lowest BCUT2D eigenvalue weighted by atomic mass is 10.0. The highest BCUT2D eigenvalue weighted by atomic mass is 16.6. The normalized spacial score (nSPS) is 15.2. The lowest BCUT2D eigenvalue weighted by Crippen LogP contribution is -2.09. The maximum atomic E-state index is 12.3. The van der Waals surface area contributed by atoms with Gasteiger partial charge in [0, 0.05) is 30.7 Å². The SMILES string of the molecule is CN(C)c1ccc(/C=C2\N=C(c3ccccc3)OC2=O)c2ccccc12. The number of anilines is 1. The molecule has 0 saturated carbocycles. The number of rotatable bonds is 3. The largest absolute Gasteiger partial charge is 0.402 e. The quantitative estimate of drug-likeness (QED) is 0.528. The molecular weight excluding hydrogens is 324 g/mol. The second-order valence-corrected chi connectivity index (χ2v) is 6.32. The zero-order valence-corrected chi connectivity index (χ0v) is 14.6. The van der Waals surface area contributed by atoms with E-state index in [9.17, 15) is 4.79 Å². The van der Waals surface area contributed by atoms with Crippen LogP contribution in [0.15, 0.2) is 77.4 Å². The molecule has 0 N–H and O–H groups in total. The number of nitrogens with zero attached hydrogens (tertiary/aromatic N) is 2. The first kappa shape index (κ1) is 16.1. The molecule has 1 aliphatic heterocycles. The molecule has 26 heavy (non-hydrogen) atoms. The molecule has 0 amide bonds. The van der Waals surface area contributed by atoms with E-state index in [4.69, 9.17) is 4.74 Å². The van der Waals surface area contributed by atoms with E-state index in [0.717, 1.165) is 27.6 Å². The van der Waals surface area contributed by atoms with Gasteiger partial charge < -0.3 is 9.64 Å². The molecule has 0 bridgehead atoms. The number of cyclic esters (lactones) is 1. The summed E-state index contributed by atoms with van der Waals surface area (Å²) in [5, 5.41) is 2.20. The molecular formula is C22H18N2O2. The van der Waals surface area contributed by atoms with Gasteiger partial charge in [0.25, 0.3) is 0 Å². The van der Waals surface area contributed by atoms with Crippen LogP contribution in [0.2, 0.25) is 0 Å². The van der Waals surface area contributed by atoms with Gasteiger partial charge in [0.05, 0.1) is 0 Å². The summed E-state index contributed by atoms with van der Waals surface area (Å²) in [5.74, 6) is -0.0827. The van der Waals surface area contributed by atoms with Crippen molar-refractivity contribution >= 4 is 34.4 Å². The highest BCUT2D eigenvalue weighted by Gasteiger charge is 2.24. The van der Waals surface area contributed by atoms with E-state index in [2.05, 4.69) is 28.1 Å². The first-order valence-electron chi connectivity index (χ1n) is 8.40. The summed E-state index contributed by atoms with van der Waals surface area (Å²) in [6.07, 6.45) is 1.79. The molecule has 4 rings (SSSR count). The molecule has 4 heteroatoms. The highest BCUT2D eigenvalue weighted by Crippen LogP contribution is 2.30. The number of aliphatic imine (C=N–C) groups is 1. The van der Waals surface area contributed by atoms with Gasteiger partial charge in [-0.05, 0) is 35.2 Å². The summed E-state index contributed by atoms with van der Waals surface area (Å²) in [5.41, 5.74) is 3.17. The van der Waals surface area contributed by atoms with Gasteiger partial charge in [-0.25, -0.2) is 9.79 Å². The molecule has 3 aromatic carbocycles. The standard InChI is InChI=1S/C22H18N2O2/c1-24(2)20-13-12-16(17-10-6-7-11-18(17)20)14-19-22(25)26-21(23-19)15-8-4-3-5-9-15/h3-14H,1-2H3/b19-14-. The number of esters is 1. The van der Waals surface area contributed by atoms with Crippen LogP contribution in [-0.4, -0.2) is 26.0 Å². The van der Waals surface area contributed by atoms with Gasteiger partial charge in [-0.15, -0.1) is 0 Å². The molecule has 0 aromatic heterocycles. The van der Waals surface area contributed by atoms with Crippen molar-refractivity contribution in [2.24, 2.45) is 4.99 Å². The second-order valence-electron chi connectivity index (χ2n) is 6.32. The van der Waals surface area contributed by atoms with E-state index in [0.29, 0.717) is 11.6 Å².